The molecule has 4 rings (SSSR count). The lowest BCUT2D eigenvalue weighted by Crippen LogP contribution is -2.10. The SMILES string of the molecule is CC(=O)Oc1cc(C(c2ccccc2)c2ccccc2)c2ccccc2c1OC(C)=O. The number of carbonyl (C=O) groups is 2. The largest absolute Gasteiger partial charge is 0.423 e. The summed E-state index contributed by atoms with van der Waals surface area (Å²) in [7, 11) is 0. The fourth-order valence-corrected chi connectivity index (χ4v) is 3.91. The summed E-state index contributed by atoms with van der Waals surface area (Å²) in [6.45, 7) is 2.66. The summed E-state index contributed by atoms with van der Waals surface area (Å²) < 4.78 is 11.0. The maximum atomic E-state index is 11.8. The predicted molar refractivity (Wildman–Crippen MR) is 120 cm³/mol. The quantitative estimate of drug-likeness (QED) is 0.235. The van der Waals surface area contributed by atoms with Crippen LogP contribution in [-0.4, -0.2) is 11.9 Å². The van der Waals surface area contributed by atoms with Gasteiger partial charge in [0.15, 0.2) is 11.5 Å². The molecule has 0 heterocycles. The molecule has 0 saturated heterocycles. The topological polar surface area (TPSA) is 52.6 Å². The van der Waals surface area contributed by atoms with Crippen LogP contribution in [0.5, 0.6) is 11.5 Å². The molecule has 0 fully saturated rings. The molecule has 0 amide bonds. The zero-order valence-corrected chi connectivity index (χ0v) is 17.4. The molecule has 0 aliphatic rings. The molecular formula is C27H22O4. The van der Waals surface area contributed by atoms with E-state index in [0.29, 0.717) is 5.39 Å². The van der Waals surface area contributed by atoms with E-state index in [9.17, 15) is 9.59 Å². The smallest absolute Gasteiger partial charge is 0.308 e. The third kappa shape index (κ3) is 4.33. The van der Waals surface area contributed by atoms with Gasteiger partial charge in [0.05, 0.1) is 0 Å². The molecule has 4 heteroatoms. The van der Waals surface area contributed by atoms with Crippen molar-refractivity contribution < 1.29 is 19.1 Å². The van der Waals surface area contributed by atoms with Crippen molar-refractivity contribution in [2.24, 2.45) is 0 Å². The highest BCUT2D eigenvalue weighted by atomic mass is 16.6. The van der Waals surface area contributed by atoms with E-state index in [1.165, 1.54) is 13.8 Å². The van der Waals surface area contributed by atoms with Crippen LogP contribution in [0.15, 0.2) is 91.0 Å². The van der Waals surface area contributed by atoms with Crippen LogP contribution < -0.4 is 9.47 Å². The van der Waals surface area contributed by atoms with E-state index in [-0.39, 0.29) is 17.4 Å². The molecule has 0 aliphatic heterocycles. The Kier molecular flexibility index (Phi) is 5.80. The molecule has 4 aromatic carbocycles. The van der Waals surface area contributed by atoms with E-state index in [2.05, 4.69) is 24.3 Å². The molecule has 0 bridgehead atoms. The van der Waals surface area contributed by atoms with Crippen molar-refractivity contribution in [3.05, 3.63) is 108 Å². The van der Waals surface area contributed by atoms with Crippen molar-refractivity contribution >= 4 is 22.7 Å². The number of rotatable bonds is 5. The number of carbonyl (C=O) groups excluding carboxylic acids is 2. The van der Waals surface area contributed by atoms with Crippen LogP contribution in [-0.2, 0) is 9.59 Å². The second-order valence-electron chi connectivity index (χ2n) is 7.28. The minimum Gasteiger partial charge on any atom is -0.423 e. The molecule has 154 valence electrons. The maximum Gasteiger partial charge on any atom is 0.308 e. The Hall–Kier alpha value is -3.92. The van der Waals surface area contributed by atoms with Gasteiger partial charge in [-0.1, -0.05) is 84.9 Å². The summed E-state index contributed by atoms with van der Waals surface area (Å²) in [5.74, 6) is -0.581. The van der Waals surface area contributed by atoms with Gasteiger partial charge in [-0.3, -0.25) is 9.59 Å². The van der Waals surface area contributed by atoms with Crippen LogP contribution in [0.4, 0.5) is 0 Å². The summed E-state index contributed by atoms with van der Waals surface area (Å²) in [5, 5.41) is 1.63. The Labute approximate surface area is 181 Å². The molecule has 0 aliphatic carbocycles. The van der Waals surface area contributed by atoms with E-state index in [4.69, 9.17) is 9.47 Å². The zero-order valence-electron chi connectivity index (χ0n) is 17.4. The Morgan fingerprint density at radius 2 is 1.13 bits per heavy atom. The van der Waals surface area contributed by atoms with E-state index >= 15 is 0 Å². The number of esters is 2. The van der Waals surface area contributed by atoms with Crippen LogP contribution in [0.25, 0.3) is 10.8 Å². The molecule has 0 atom stereocenters. The molecule has 31 heavy (non-hydrogen) atoms. The lowest BCUT2D eigenvalue weighted by molar-refractivity contribution is -0.134. The standard InChI is InChI=1S/C27H22O4/c1-18(28)30-25-17-24(22-15-9-10-16-23(22)27(25)31-19(2)29)26(20-11-5-3-6-12-20)21-13-7-4-8-14-21/h3-17,26H,1-2H3. The molecule has 0 aromatic heterocycles. The van der Waals surface area contributed by atoms with Crippen molar-refractivity contribution in [3.63, 3.8) is 0 Å². The van der Waals surface area contributed by atoms with Gasteiger partial charge in [0.2, 0.25) is 0 Å². The van der Waals surface area contributed by atoms with Gasteiger partial charge < -0.3 is 9.47 Å². The lowest BCUT2D eigenvalue weighted by atomic mass is 9.82. The van der Waals surface area contributed by atoms with E-state index in [1.807, 2.05) is 66.7 Å². The Morgan fingerprint density at radius 3 is 1.65 bits per heavy atom. The molecule has 4 nitrogen and oxygen atoms in total. The van der Waals surface area contributed by atoms with Crippen molar-refractivity contribution in [2.75, 3.05) is 0 Å². The first kappa shape index (κ1) is 20.4. The molecule has 0 spiro atoms. The summed E-state index contributed by atoms with van der Waals surface area (Å²) >= 11 is 0. The van der Waals surface area contributed by atoms with Gasteiger partial charge in [-0.05, 0) is 28.1 Å². The third-order valence-corrected chi connectivity index (χ3v) is 5.07. The lowest BCUT2D eigenvalue weighted by Gasteiger charge is -2.23. The Bertz CT molecular complexity index is 1190. The van der Waals surface area contributed by atoms with E-state index in [1.54, 1.807) is 0 Å². The van der Waals surface area contributed by atoms with Crippen molar-refractivity contribution in [2.45, 2.75) is 19.8 Å². The van der Waals surface area contributed by atoms with Crippen LogP contribution in [0.3, 0.4) is 0 Å². The monoisotopic (exact) mass is 410 g/mol. The maximum absolute atomic E-state index is 11.8. The first-order chi connectivity index (χ1) is 15.0. The number of fused-ring (bicyclic) bond motifs is 1. The normalized spacial score (nSPS) is 10.8. The summed E-state index contributed by atoms with van der Waals surface area (Å²) in [6, 6.07) is 29.8. The van der Waals surface area contributed by atoms with Gasteiger partial charge in [0.1, 0.15) is 0 Å². The van der Waals surface area contributed by atoms with Gasteiger partial charge in [0.25, 0.3) is 0 Å². The number of ether oxygens (including phenoxy) is 2. The fourth-order valence-electron chi connectivity index (χ4n) is 3.91. The average Bonchev–Trinajstić information content (AvgIpc) is 2.77. The predicted octanol–water partition coefficient (Wildman–Crippen LogP) is 5.87. The fraction of sp³-hybridized carbons (Fsp3) is 0.111. The van der Waals surface area contributed by atoms with Gasteiger partial charge in [-0.25, -0.2) is 0 Å². The number of hydrogen-bond acceptors (Lipinski definition) is 4. The van der Waals surface area contributed by atoms with Gasteiger partial charge >= 0.3 is 11.9 Å². The van der Waals surface area contributed by atoms with Crippen molar-refractivity contribution in [3.8, 4) is 11.5 Å². The van der Waals surface area contributed by atoms with E-state index < -0.39 is 11.9 Å². The summed E-state index contributed by atoms with van der Waals surface area (Å²) in [6.07, 6.45) is 0. The molecule has 0 unspecified atom stereocenters. The highest BCUT2D eigenvalue weighted by Crippen LogP contribution is 2.44. The van der Waals surface area contributed by atoms with Gasteiger partial charge in [-0.15, -0.1) is 0 Å². The van der Waals surface area contributed by atoms with Crippen LogP contribution >= 0.6 is 0 Å². The molecule has 0 saturated carbocycles. The highest BCUT2D eigenvalue weighted by Gasteiger charge is 2.24. The second kappa shape index (κ2) is 8.84. The van der Waals surface area contributed by atoms with Crippen LogP contribution in [0.1, 0.15) is 36.5 Å². The van der Waals surface area contributed by atoms with Gasteiger partial charge in [-0.2, -0.15) is 0 Å². The minimum absolute atomic E-state index is 0.104. The second-order valence-corrected chi connectivity index (χ2v) is 7.28. The molecule has 0 N–H and O–H groups in total. The Morgan fingerprint density at radius 1 is 0.645 bits per heavy atom. The van der Waals surface area contributed by atoms with Crippen LogP contribution in [0, 0.1) is 0 Å². The van der Waals surface area contributed by atoms with Crippen molar-refractivity contribution in [1.29, 1.82) is 0 Å². The number of hydrogen-bond donors (Lipinski definition) is 0. The number of benzene rings is 4. The third-order valence-electron chi connectivity index (χ3n) is 5.07. The van der Waals surface area contributed by atoms with Crippen molar-refractivity contribution in [1.82, 2.24) is 0 Å². The first-order valence-electron chi connectivity index (χ1n) is 10.1. The Balaban J connectivity index is 2.05. The van der Waals surface area contributed by atoms with Gasteiger partial charge in [0, 0.05) is 25.2 Å². The molecular weight excluding hydrogens is 388 g/mol. The molecule has 4 aromatic rings. The van der Waals surface area contributed by atoms with E-state index in [0.717, 1.165) is 22.1 Å². The zero-order chi connectivity index (χ0) is 21.8. The summed E-state index contributed by atoms with van der Waals surface area (Å²) in [5.41, 5.74) is 3.17. The summed E-state index contributed by atoms with van der Waals surface area (Å²) in [4.78, 5) is 23.6. The molecule has 0 radical (unpaired) electrons. The highest BCUT2D eigenvalue weighted by molar-refractivity contribution is 5.96. The van der Waals surface area contributed by atoms with Crippen LogP contribution in [0.2, 0.25) is 0 Å². The average molecular weight is 410 g/mol. The first-order valence-corrected chi connectivity index (χ1v) is 10.1. The minimum atomic E-state index is -0.481.